The van der Waals surface area contributed by atoms with Crippen LogP contribution in [0.25, 0.3) is 10.8 Å². The zero-order valence-electron chi connectivity index (χ0n) is 7.92. The topological polar surface area (TPSA) is 20.2 Å². The molecule has 0 saturated heterocycles. The van der Waals surface area contributed by atoms with Gasteiger partial charge in [0.05, 0.1) is 0 Å². The average Bonchev–Trinajstić information content (AvgIpc) is 2.17. The molecule has 2 heteroatoms. The number of fused-ring (bicyclic) bond motifs is 1. The van der Waals surface area contributed by atoms with Gasteiger partial charge < -0.3 is 5.11 Å². The fraction of sp³-hybridized carbons (Fsp3) is 0.167. The summed E-state index contributed by atoms with van der Waals surface area (Å²) in [6.07, 6.45) is 0.932. The van der Waals surface area contributed by atoms with Crippen LogP contribution in [0.3, 0.4) is 0 Å². The van der Waals surface area contributed by atoms with Gasteiger partial charge in [-0.15, -0.1) is 0 Å². The Balaban J connectivity index is 2.81. The first kappa shape index (κ1) is 9.53. The molecular formula is C12H11BrO. The fourth-order valence-electron chi connectivity index (χ4n) is 1.68. The highest BCUT2D eigenvalue weighted by molar-refractivity contribution is 9.10. The Hall–Kier alpha value is -1.02. The van der Waals surface area contributed by atoms with Gasteiger partial charge in [-0.3, -0.25) is 0 Å². The summed E-state index contributed by atoms with van der Waals surface area (Å²) >= 11 is 3.45. The molecule has 0 spiro atoms. The molecule has 2 rings (SSSR count). The maximum Gasteiger partial charge on any atom is 0.116 e. The van der Waals surface area contributed by atoms with Crippen LogP contribution in [0, 0.1) is 0 Å². The van der Waals surface area contributed by atoms with Crippen molar-refractivity contribution < 1.29 is 5.11 Å². The van der Waals surface area contributed by atoms with Gasteiger partial charge in [0.25, 0.3) is 0 Å². The number of benzene rings is 2. The van der Waals surface area contributed by atoms with Crippen LogP contribution >= 0.6 is 15.9 Å². The summed E-state index contributed by atoms with van der Waals surface area (Å²) in [7, 11) is 0. The average molecular weight is 251 g/mol. The second-order valence-corrected chi connectivity index (χ2v) is 4.24. The third-order valence-electron chi connectivity index (χ3n) is 2.37. The van der Waals surface area contributed by atoms with Gasteiger partial charge >= 0.3 is 0 Å². The van der Waals surface area contributed by atoms with Crippen molar-refractivity contribution in [3.05, 3.63) is 40.4 Å². The minimum atomic E-state index is 0.344. The van der Waals surface area contributed by atoms with Crippen molar-refractivity contribution >= 4 is 26.7 Å². The van der Waals surface area contributed by atoms with E-state index < -0.39 is 0 Å². The van der Waals surface area contributed by atoms with Crippen LogP contribution < -0.4 is 0 Å². The van der Waals surface area contributed by atoms with Crippen LogP contribution in [0.15, 0.2) is 34.8 Å². The molecule has 0 amide bonds. The molecule has 0 heterocycles. The molecule has 14 heavy (non-hydrogen) atoms. The molecule has 0 radical (unpaired) electrons. The predicted octanol–water partition coefficient (Wildman–Crippen LogP) is 3.87. The Morgan fingerprint density at radius 1 is 1.21 bits per heavy atom. The van der Waals surface area contributed by atoms with Crippen LogP contribution in [0.2, 0.25) is 0 Å². The number of phenolic OH excluding ortho intramolecular Hbond substituents is 1. The third kappa shape index (κ3) is 1.62. The Labute approximate surface area is 91.5 Å². The van der Waals surface area contributed by atoms with Crippen molar-refractivity contribution in [1.29, 1.82) is 0 Å². The first-order chi connectivity index (χ1) is 6.70. The van der Waals surface area contributed by atoms with Crippen LogP contribution in [-0.2, 0) is 6.42 Å². The van der Waals surface area contributed by atoms with Crippen LogP contribution in [0.4, 0.5) is 0 Å². The van der Waals surface area contributed by atoms with Crippen LogP contribution in [-0.4, -0.2) is 5.11 Å². The van der Waals surface area contributed by atoms with Gasteiger partial charge in [0.2, 0.25) is 0 Å². The van der Waals surface area contributed by atoms with E-state index in [1.165, 1.54) is 10.9 Å². The lowest BCUT2D eigenvalue weighted by atomic mass is 10.0. The molecule has 2 aromatic rings. The van der Waals surface area contributed by atoms with Gasteiger partial charge in [0.15, 0.2) is 0 Å². The van der Waals surface area contributed by atoms with Crippen molar-refractivity contribution in [2.45, 2.75) is 13.3 Å². The molecule has 1 nitrogen and oxygen atoms in total. The molecule has 0 unspecified atom stereocenters. The van der Waals surface area contributed by atoms with E-state index in [4.69, 9.17) is 0 Å². The lowest BCUT2D eigenvalue weighted by Gasteiger charge is -2.05. The smallest absolute Gasteiger partial charge is 0.116 e. The SMILES string of the molecule is CCc1cc(O)cc2ccc(Br)cc12. The van der Waals surface area contributed by atoms with E-state index in [1.54, 1.807) is 6.07 Å². The van der Waals surface area contributed by atoms with E-state index in [9.17, 15) is 5.11 Å². The summed E-state index contributed by atoms with van der Waals surface area (Å²) in [4.78, 5) is 0. The minimum absolute atomic E-state index is 0.344. The van der Waals surface area contributed by atoms with Crippen molar-refractivity contribution in [3.63, 3.8) is 0 Å². The van der Waals surface area contributed by atoms with Crippen molar-refractivity contribution in [2.75, 3.05) is 0 Å². The molecule has 0 aliphatic rings. The van der Waals surface area contributed by atoms with Gasteiger partial charge in [-0.2, -0.15) is 0 Å². The summed E-state index contributed by atoms with van der Waals surface area (Å²) < 4.78 is 1.07. The third-order valence-corrected chi connectivity index (χ3v) is 2.86. The van der Waals surface area contributed by atoms with E-state index in [-0.39, 0.29) is 0 Å². The normalized spacial score (nSPS) is 10.7. The molecule has 1 N–H and O–H groups in total. The van der Waals surface area contributed by atoms with Crippen molar-refractivity contribution in [3.8, 4) is 5.75 Å². The standard InChI is InChI=1S/C12H11BrO/c1-2-8-5-11(14)6-9-3-4-10(13)7-12(8)9/h3-7,14H,2H2,1H3. The number of halogens is 1. The molecule has 2 aromatic carbocycles. The maximum absolute atomic E-state index is 9.50. The van der Waals surface area contributed by atoms with Crippen LogP contribution in [0.1, 0.15) is 12.5 Å². The van der Waals surface area contributed by atoms with E-state index in [1.807, 2.05) is 18.2 Å². The molecule has 0 fully saturated rings. The summed E-state index contributed by atoms with van der Waals surface area (Å²) in [6, 6.07) is 9.71. The number of aryl methyl sites for hydroxylation is 1. The van der Waals surface area contributed by atoms with E-state index in [2.05, 4.69) is 28.9 Å². The van der Waals surface area contributed by atoms with Gasteiger partial charge in [-0.05, 0) is 47.0 Å². The second kappa shape index (κ2) is 3.62. The number of rotatable bonds is 1. The summed E-state index contributed by atoms with van der Waals surface area (Å²) in [5, 5.41) is 11.8. The Kier molecular flexibility index (Phi) is 2.46. The van der Waals surface area contributed by atoms with Gasteiger partial charge in [-0.25, -0.2) is 0 Å². The zero-order valence-corrected chi connectivity index (χ0v) is 9.51. The number of hydrogen-bond donors (Lipinski definition) is 1. The zero-order chi connectivity index (χ0) is 10.1. The first-order valence-corrected chi connectivity index (χ1v) is 5.41. The Bertz CT molecular complexity index is 477. The molecule has 0 atom stereocenters. The van der Waals surface area contributed by atoms with Crippen molar-refractivity contribution in [1.82, 2.24) is 0 Å². The Morgan fingerprint density at radius 2 is 2.00 bits per heavy atom. The van der Waals surface area contributed by atoms with Gasteiger partial charge in [-0.1, -0.05) is 28.9 Å². The van der Waals surface area contributed by atoms with E-state index in [0.717, 1.165) is 16.3 Å². The molecule has 0 aliphatic carbocycles. The summed E-state index contributed by atoms with van der Waals surface area (Å²) in [5.41, 5.74) is 1.18. The highest BCUT2D eigenvalue weighted by Crippen LogP contribution is 2.27. The number of aromatic hydroxyl groups is 1. The largest absolute Gasteiger partial charge is 0.508 e. The van der Waals surface area contributed by atoms with Crippen LogP contribution in [0.5, 0.6) is 5.75 Å². The minimum Gasteiger partial charge on any atom is -0.508 e. The highest BCUT2D eigenvalue weighted by Gasteiger charge is 2.02. The lowest BCUT2D eigenvalue weighted by molar-refractivity contribution is 0.475. The lowest BCUT2D eigenvalue weighted by Crippen LogP contribution is -1.83. The Morgan fingerprint density at radius 3 is 2.71 bits per heavy atom. The van der Waals surface area contributed by atoms with Gasteiger partial charge in [0.1, 0.15) is 5.75 Å². The van der Waals surface area contributed by atoms with Crippen molar-refractivity contribution in [2.24, 2.45) is 0 Å². The second-order valence-electron chi connectivity index (χ2n) is 3.32. The first-order valence-electron chi connectivity index (χ1n) is 4.62. The quantitative estimate of drug-likeness (QED) is 0.815. The molecule has 72 valence electrons. The molecule has 0 saturated carbocycles. The number of phenols is 1. The summed E-state index contributed by atoms with van der Waals surface area (Å²) in [6.45, 7) is 2.09. The molecule has 0 aromatic heterocycles. The van der Waals surface area contributed by atoms with E-state index >= 15 is 0 Å². The predicted molar refractivity (Wildman–Crippen MR) is 62.7 cm³/mol. The van der Waals surface area contributed by atoms with E-state index in [0.29, 0.717) is 5.75 Å². The highest BCUT2D eigenvalue weighted by atomic mass is 79.9. The number of hydrogen-bond acceptors (Lipinski definition) is 1. The monoisotopic (exact) mass is 250 g/mol. The van der Waals surface area contributed by atoms with Gasteiger partial charge in [0, 0.05) is 4.47 Å². The fourth-order valence-corrected chi connectivity index (χ4v) is 2.04. The molecule has 0 aliphatic heterocycles. The maximum atomic E-state index is 9.50. The molecule has 0 bridgehead atoms. The summed E-state index contributed by atoms with van der Waals surface area (Å²) in [5.74, 6) is 0.344. The molecular weight excluding hydrogens is 240 g/mol.